The first-order chi connectivity index (χ1) is 7.77. The van der Waals surface area contributed by atoms with Gasteiger partial charge in [-0.25, -0.2) is 0 Å². The summed E-state index contributed by atoms with van der Waals surface area (Å²) in [5.41, 5.74) is 5.38. The highest BCUT2D eigenvalue weighted by molar-refractivity contribution is 5.85. The van der Waals surface area contributed by atoms with Gasteiger partial charge in [0.25, 0.3) is 0 Å². The fourth-order valence-electron chi connectivity index (χ4n) is 2.57. The van der Waals surface area contributed by atoms with Gasteiger partial charge in [-0.2, -0.15) is 0 Å². The molecule has 0 unspecified atom stereocenters. The molecule has 0 aliphatic heterocycles. The third kappa shape index (κ3) is 6.61. The first-order valence-corrected chi connectivity index (χ1v) is 6.76. The standard InChI is InChI=1S/C13H28N2O.ClH/c1-3-12-4-6-13(7-5-12)15(2)9-11-16-10-8-14;/h12-13H,3-11,14H2,1-2H3;1H. The lowest BCUT2D eigenvalue weighted by atomic mass is 9.84. The number of halogens is 1. The molecule has 104 valence electrons. The highest BCUT2D eigenvalue weighted by atomic mass is 35.5. The number of nitrogens with two attached hydrogens (primary N) is 1. The zero-order valence-corrected chi connectivity index (χ0v) is 12.2. The molecule has 17 heavy (non-hydrogen) atoms. The van der Waals surface area contributed by atoms with Gasteiger partial charge in [0, 0.05) is 19.1 Å². The van der Waals surface area contributed by atoms with E-state index in [0.717, 1.165) is 25.1 Å². The van der Waals surface area contributed by atoms with Gasteiger partial charge in [-0.1, -0.05) is 13.3 Å². The number of rotatable bonds is 7. The summed E-state index contributed by atoms with van der Waals surface area (Å²) in [5.74, 6) is 0.984. The van der Waals surface area contributed by atoms with Crippen molar-refractivity contribution in [2.24, 2.45) is 11.7 Å². The topological polar surface area (TPSA) is 38.5 Å². The Balaban J connectivity index is 0.00000256. The van der Waals surface area contributed by atoms with Crippen LogP contribution < -0.4 is 5.73 Å². The Kier molecular flexibility index (Phi) is 10.2. The van der Waals surface area contributed by atoms with Crippen molar-refractivity contribution in [2.75, 3.05) is 33.4 Å². The van der Waals surface area contributed by atoms with Crippen molar-refractivity contribution in [3.63, 3.8) is 0 Å². The largest absolute Gasteiger partial charge is 0.379 e. The molecule has 0 atom stereocenters. The summed E-state index contributed by atoms with van der Waals surface area (Å²) in [4.78, 5) is 2.46. The van der Waals surface area contributed by atoms with Crippen molar-refractivity contribution in [3.05, 3.63) is 0 Å². The molecule has 2 N–H and O–H groups in total. The van der Waals surface area contributed by atoms with Gasteiger partial charge >= 0.3 is 0 Å². The third-order valence-electron chi connectivity index (χ3n) is 3.87. The average molecular weight is 265 g/mol. The van der Waals surface area contributed by atoms with Crippen molar-refractivity contribution in [1.82, 2.24) is 4.90 Å². The van der Waals surface area contributed by atoms with Gasteiger partial charge in [-0.3, -0.25) is 0 Å². The van der Waals surface area contributed by atoms with Crippen LogP contribution in [0.15, 0.2) is 0 Å². The molecule has 1 aliphatic rings. The van der Waals surface area contributed by atoms with Crippen molar-refractivity contribution in [1.29, 1.82) is 0 Å². The van der Waals surface area contributed by atoms with Gasteiger partial charge < -0.3 is 15.4 Å². The molecule has 0 aromatic rings. The Morgan fingerprint density at radius 1 is 1.18 bits per heavy atom. The molecule has 3 nitrogen and oxygen atoms in total. The van der Waals surface area contributed by atoms with E-state index in [9.17, 15) is 0 Å². The summed E-state index contributed by atoms with van der Waals surface area (Å²) in [6, 6.07) is 0.782. The van der Waals surface area contributed by atoms with E-state index in [1.54, 1.807) is 0 Å². The quantitative estimate of drug-likeness (QED) is 0.717. The molecule has 0 spiro atoms. The van der Waals surface area contributed by atoms with Gasteiger partial charge in [0.15, 0.2) is 0 Å². The first kappa shape index (κ1) is 17.2. The van der Waals surface area contributed by atoms with Crippen LogP contribution in [0.5, 0.6) is 0 Å². The highest BCUT2D eigenvalue weighted by Crippen LogP contribution is 2.28. The summed E-state index contributed by atoms with van der Waals surface area (Å²) in [7, 11) is 2.22. The van der Waals surface area contributed by atoms with Gasteiger partial charge in [0.05, 0.1) is 13.2 Å². The smallest absolute Gasteiger partial charge is 0.0594 e. The Bertz CT molecular complexity index is 173. The van der Waals surface area contributed by atoms with E-state index in [0.29, 0.717) is 13.2 Å². The van der Waals surface area contributed by atoms with E-state index in [1.807, 2.05) is 0 Å². The van der Waals surface area contributed by atoms with Gasteiger partial charge in [0.2, 0.25) is 0 Å². The Morgan fingerprint density at radius 3 is 2.35 bits per heavy atom. The van der Waals surface area contributed by atoms with Crippen LogP contribution in [0.2, 0.25) is 0 Å². The molecule has 1 saturated carbocycles. The number of nitrogens with zero attached hydrogens (tertiary/aromatic N) is 1. The molecule has 0 amide bonds. The van der Waals surface area contributed by atoms with Gasteiger partial charge in [-0.15, -0.1) is 12.4 Å². The third-order valence-corrected chi connectivity index (χ3v) is 3.87. The van der Waals surface area contributed by atoms with Crippen LogP contribution in [0.25, 0.3) is 0 Å². The van der Waals surface area contributed by atoms with Crippen LogP contribution in [-0.2, 0) is 4.74 Å². The average Bonchev–Trinajstić information content (AvgIpc) is 2.34. The highest BCUT2D eigenvalue weighted by Gasteiger charge is 2.22. The summed E-state index contributed by atoms with van der Waals surface area (Å²) in [6.07, 6.45) is 6.91. The van der Waals surface area contributed by atoms with E-state index >= 15 is 0 Å². The van der Waals surface area contributed by atoms with E-state index in [2.05, 4.69) is 18.9 Å². The second kappa shape index (κ2) is 10.1. The Labute approximate surface area is 112 Å². The molecule has 0 radical (unpaired) electrons. The summed E-state index contributed by atoms with van der Waals surface area (Å²) >= 11 is 0. The molecule has 1 rings (SSSR count). The van der Waals surface area contributed by atoms with Crippen LogP contribution in [0.4, 0.5) is 0 Å². The molecule has 0 saturated heterocycles. The first-order valence-electron chi connectivity index (χ1n) is 6.76. The second-order valence-corrected chi connectivity index (χ2v) is 4.96. The van der Waals surface area contributed by atoms with Crippen LogP contribution in [0.1, 0.15) is 39.0 Å². The lowest BCUT2D eigenvalue weighted by Crippen LogP contribution is -2.37. The molecule has 0 aromatic carbocycles. The molecular formula is C13H29ClN2O. The van der Waals surface area contributed by atoms with Crippen LogP contribution in [0.3, 0.4) is 0 Å². The van der Waals surface area contributed by atoms with E-state index in [-0.39, 0.29) is 12.4 Å². The maximum absolute atomic E-state index is 5.42. The molecule has 0 bridgehead atoms. The van der Waals surface area contributed by atoms with Crippen LogP contribution in [0, 0.1) is 5.92 Å². The van der Waals surface area contributed by atoms with Gasteiger partial charge in [-0.05, 0) is 38.6 Å². The number of ether oxygens (including phenoxy) is 1. The number of hydrogen-bond acceptors (Lipinski definition) is 3. The van der Waals surface area contributed by atoms with E-state index < -0.39 is 0 Å². The zero-order chi connectivity index (χ0) is 11.8. The van der Waals surface area contributed by atoms with Crippen molar-refractivity contribution in [3.8, 4) is 0 Å². The molecule has 1 fully saturated rings. The van der Waals surface area contributed by atoms with Crippen LogP contribution >= 0.6 is 12.4 Å². The monoisotopic (exact) mass is 264 g/mol. The molecule has 0 aromatic heterocycles. The van der Waals surface area contributed by atoms with Crippen molar-refractivity contribution < 1.29 is 4.74 Å². The minimum Gasteiger partial charge on any atom is -0.379 e. The minimum absolute atomic E-state index is 0. The number of likely N-dealkylation sites (N-methyl/N-ethyl adjacent to an activating group) is 1. The summed E-state index contributed by atoms with van der Waals surface area (Å²) in [5, 5.41) is 0. The fraction of sp³-hybridized carbons (Fsp3) is 1.00. The summed E-state index contributed by atoms with van der Waals surface area (Å²) < 4.78 is 5.42. The van der Waals surface area contributed by atoms with Crippen molar-refractivity contribution >= 4 is 12.4 Å². The lowest BCUT2D eigenvalue weighted by molar-refractivity contribution is 0.0884. The second-order valence-electron chi connectivity index (χ2n) is 4.96. The molecular weight excluding hydrogens is 236 g/mol. The van der Waals surface area contributed by atoms with Crippen molar-refractivity contribution in [2.45, 2.75) is 45.1 Å². The maximum Gasteiger partial charge on any atom is 0.0594 e. The lowest BCUT2D eigenvalue weighted by Gasteiger charge is -2.34. The van der Waals surface area contributed by atoms with E-state index in [1.165, 1.54) is 32.1 Å². The minimum atomic E-state index is 0. The predicted molar refractivity (Wildman–Crippen MR) is 75.8 cm³/mol. The van der Waals surface area contributed by atoms with Gasteiger partial charge in [0.1, 0.15) is 0 Å². The van der Waals surface area contributed by atoms with E-state index in [4.69, 9.17) is 10.5 Å². The normalized spacial score (nSPS) is 24.7. The SMILES string of the molecule is CCC1CCC(N(C)CCOCCN)CC1.Cl. The van der Waals surface area contributed by atoms with Crippen LogP contribution in [-0.4, -0.2) is 44.3 Å². The Morgan fingerprint density at radius 2 is 1.82 bits per heavy atom. The molecule has 1 aliphatic carbocycles. The maximum atomic E-state index is 5.42. The number of hydrogen-bond donors (Lipinski definition) is 1. The summed E-state index contributed by atoms with van der Waals surface area (Å²) in [6.45, 7) is 5.50. The predicted octanol–water partition coefficient (Wildman–Crippen LogP) is 2.28. The Hall–Kier alpha value is 0.170. The fourth-order valence-corrected chi connectivity index (χ4v) is 2.57. The zero-order valence-electron chi connectivity index (χ0n) is 11.4. The molecule has 0 heterocycles. The molecule has 4 heteroatoms.